The van der Waals surface area contributed by atoms with E-state index in [0.29, 0.717) is 13.2 Å². The first-order valence-electron chi connectivity index (χ1n) is 10.2. The van der Waals surface area contributed by atoms with E-state index < -0.39 is 0 Å². The Morgan fingerprint density at radius 3 is 2.41 bits per heavy atom. The molecule has 1 fully saturated rings. The second-order valence-electron chi connectivity index (χ2n) is 7.30. The van der Waals surface area contributed by atoms with Crippen LogP contribution in [-0.4, -0.2) is 56.8 Å². The Bertz CT molecular complexity index is 771. The highest BCUT2D eigenvalue weighted by Crippen LogP contribution is 2.20. The van der Waals surface area contributed by atoms with Crippen LogP contribution in [0.4, 0.5) is 11.4 Å². The van der Waals surface area contributed by atoms with Crippen LogP contribution >= 0.6 is 0 Å². The molecule has 156 valence electrons. The number of amides is 1. The van der Waals surface area contributed by atoms with Gasteiger partial charge in [-0.2, -0.15) is 0 Å². The predicted molar refractivity (Wildman–Crippen MR) is 117 cm³/mol. The molecule has 1 heterocycles. The minimum Gasteiger partial charge on any atom is -0.494 e. The van der Waals surface area contributed by atoms with E-state index in [9.17, 15) is 4.79 Å². The van der Waals surface area contributed by atoms with Crippen molar-refractivity contribution >= 4 is 17.3 Å². The molecule has 2 aromatic carbocycles. The van der Waals surface area contributed by atoms with Gasteiger partial charge in [-0.1, -0.05) is 12.1 Å². The van der Waals surface area contributed by atoms with Crippen molar-refractivity contribution in [1.82, 2.24) is 4.90 Å². The van der Waals surface area contributed by atoms with Crippen molar-refractivity contribution < 1.29 is 14.3 Å². The van der Waals surface area contributed by atoms with Crippen LogP contribution in [0.2, 0.25) is 0 Å². The summed E-state index contributed by atoms with van der Waals surface area (Å²) in [7, 11) is 1.96. The molecule has 29 heavy (non-hydrogen) atoms. The SMILES string of the molecule is CCOc1ccc(CN(C)[C@@H](C)C(=O)Nc2ccc(N3CCOCC3)cc2)cc1. The van der Waals surface area contributed by atoms with Crippen LogP contribution in [0, 0.1) is 0 Å². The van der Waals surface area contributed by atoms with Gasteiger partial charge in [-0.3, -0.25) is 9.69 Å². The van der Waals surface area contributed by atoms with Crippen LogP contribution in [0.15, 0.2) is 48.5 Å². The molecule has 0 unspecified atom stereocenters. The number of carbonyl (C=O) groups excluding carboxylic acids is 1. The molecule has 1 saturated heterocycles. The summed E-state index contributed by atoms with van der Waals surface area (Å²) in [6, 6.07) is 15.8. The number of carbonyl (C=O) groups is 1. The number of nitrogens with one attached hydrogen (secondary N) is 1. The minimum atomic E-state index is -0.250. The standard InChI is InChI=1S/C23H31N3O3/c1-4-29-22-11-5-19(6-12-22)17-25(3)18(2)23(27)24-20-7-9-21(10-8-20)26-13-15-28-16-14-26/h5-12,18H,4,13-17H2,1-3H3,(H,24,27)/t18-/m0/s1. The van der Waals surface area contributed by atoms with E-state index in [-0.39, 0.29) is 11.9 Å². The van der Waals surface area contributed by atoms with Gasteiger partial charge in [0.25, 0.3) is 0 Å². The fourth-order valence-corrected chi connectivity index (χ4v) is 3.31. The van der Waals surface area contributed by atoms with Gasteiger partial charge >= 0.3 is 0 Å². The fraction of sp³-hybridized carbons (Fsp3) is 0.435. The molecule has 0 spiro atoms. The topological polar surface area (TPSA) is 54.0 Å². The first-order valence-corrected chi connectivity index (χ1v) is 10.2. The lowest BCUT2D eigenvalue weighted by molar-refractivity contribution is -0.120. The van der Waals surface area contributed by atoms with Crippen molar-refractivity contribution in [3.8, 4) is 5.75 Å². The van der Waals surface area contributed by atoms with E-state index in [1.165, 1.54) is 0 Å². The summed E-state index contributed by atoms with van der Waals surface area (Å²) in [4.78, 5) is 17.0. The van der Waals surface area contributed by atoms with Gasteiger partial charge in [-0.25, -0.2) is 0 Å². The van der Waals surface area contributed by atoms with E-state index in [2.05, 4.69) is 22.3 Å². The van der Waals surface area contributed by atoms with Crippen LogP contribution in [0.5, 0.6) is 5.75 Å². The van der Waals surface area contributed by atoms with Gasteiger partial charge in [0.15, 0.2) is 0 Å². The van der Waals surface area contributed by atoms with E-state index in [4.69, 9.17) is 9.47 Å². The van der Waals surface area contributed by atoms with Gasteiger partial charge < -0.3 is 19.7 Å². The molecule has 1 atom stereocenters. The van der Waals surface area contributed by atoms with Gasteiger partial charge in [-0.15, -0.1) is 0 Å². The van der Waals surface area contributed by atoms with Crippen molar-refractivity contribution in [2.24, 2.45) is 0 Å². The summed E-state index contributed by atoms with van der Waals surface area (Å²) >= 11 is 0. The number of nitrogens with zero attached hydrogens (tertiary/aromatic N) is 2. The molecular formula is C23H31N3O3. The van der Waals surface area contributed by atoms with E-state index in [1.807, 2.05) is 62.2 Å². The van der Waals surface area contributed by atoms with Crippen molar-refractivity contribution in [2.45, 2.75) is 26.4 Å². The Morgan fingerprint density at radius 2 is 1.79 bits per heavy atom. The number of hydrogen-bond donors (Lipinski definition) is 1. The number of morpholine rings is 1. The number of likely N-dealkylation sites (N-methyl/N-ethyl adjacent to an activating group) is 1. The van der Waals surface area contributed by atoms with Gasteiger partial charge in [0.1, 0.15) is 5.75 Å². The fourth-order valence-electron chi connectivity index (χ4n) is 3.31. The smallest absolute Gasteiger partial charge is 0.241 e. The van der Waals surface area contributed by atoms with Crippen LogP contribution in [0.25, 0.3) is 0 Å². The zero-order valence-corrected chi connectivity index (χ0v) is 17.6. The molecule has 0 aromatic heterocycles. The van der Waals surface area contributed by atoms with Crippen molar-refractivity contribution in [3.05, 3.63) is 54.1 Å². The maximum Gasteiger partial charge on any atom is 0.241 e. The summed E-state index contributed by atoms with van der Waals surface area (Å²) < 4.78 is 10.9. The third-order valence-corrected chi connectivity index (χ3v) is 5.22. The van der Waals surface area contributed by atoms with Gasteiger partial charge in [0.05, 0.1) is 25.9 Å². The average Bonchev–Trinajstić information content (AvgIpc) is 2.76. The molecule has 1 N–H and O–H groups in total. The second kappa shape index (κ2) is 10.3. The Morgan fingerprint density at radius 1 is 1.14 bits per heavy atom. The predicted octanol–water partition coefficient (Wildman–Crippen LogP) is 3.38. The Balaban J connectivity index is 1.52. The highest BCUT2D eigenvalue weighted by atomic mass is 16.5. The number of hydrogen-bond acceptors (Lipinski definition) is 5. The second-order valence-corrected chi connectivity index (χ2v) is 7.30. The third-order valence-electron chi connectivity index (χ3n) is 5.22. The van der Waals surface area contributed by atoms with Crippen molar-refractivity contribution in [1.29, 1.82) is 0 Å². The van der Waals surface area contributed by atoms with E-state index in [0.717, 1.165) is 49.0 Å². The Kier molecular flexibility index (Phi) is 7.49. The van der Waals surface area contributed by atoms with Gasteiger partial charge in [0.2, 0.25) is 5.91 Å². The summed E-state index contributed by atoms with van der Waals surface area (Å²) in [5.74, 6) is 0.850. The molecule has 0 radical (unpaired) electrons. The number of anilines is 2. The molecule has 0 aliphatic carbocycles. The summed E-state index contributed by atoms with van der Waals surface area (Å²) in [6.07, 6.45) is 0. The minimum absolute atomic E-state index is 0.0161. The number of rotatable bonds is 8. The molecule has 6 heteroatoms. The maximum atomic E-state index is 12.7. The molecule has 0 bridgehead atoms. The monoisotopic (exact) mass is 397 g/mol. The number of benzene rings is 2. The largest absolute Gasteiger partial charge is 0.494 e. The lowest BCUT2D eigenvalue weighted by atomic mass is 10.1. The van der Waals surface area contributed by atoms with Crippen LogP contribution in [-0.2, 0) is 16.1 Å². The normalized spacial score (nSPS) is 15.2. The molecule has 0 saturated carbocycles. The van der Waals surface area contributed by atoms with Crippen LogP contribution in [0.1, 0.15) is 19.4 Å². The molecule has 1 aliphatic rings. The van der Waals surface area contributed by atoms with Crippen LogP contribution in [0.3, 0.4) is 0 Å². The molecule has 3 rings (SSSR count). The van der Waals surface area contributed by atoms with E-state index in [1.54, 1.807) is 0 Å². The Labute approximate surface area is 173 Å². The van der Waals surface area contributed by atoms with Crippen molar-refractivity contribution in [2.75, 3.05) is 50.2 Å². The Hall–Kier alpha value is -2.57. The highest BCUT2D eigenvalue weighted by Gasteiger charge is 2.19. The molecule has 1 aliphatic heterocycles. The first kappa shape index (κ1) is 21.1. The highest BCUT2D eigenvalue weighted by molar-refractivity contribution is 5.94. The average molecular weight is 398 g/mol. The van der Waals surface area contributed by atoms with Crippen LogP contribution < -0.4 is 15.0 Å². The molecule has 6 nitrogen and oxygen atoms in total. The summed E-state index contributed by atoms with van der Waals surface area (Å²) in [5.41, 5.74) is 3.12. The van der Waals surface area contributed by atoms with E-state index >= 15 is 0 Å². The number of ether oxygens (including phenoxy) is 2. The lowest BCUT2D eigenvalue weighted by Gasteiger charge is -2.29. The summed E-state index contributed by atoms with van der Waals surface area (Å²) in [6.45, 7) is 8.57. The van der Waals surface area contributed by atoms with Gasteiger partial charge in [-0.05, 0) is 62.9 Å². The maximum absolute atomic E-state index is 12.7. The van der Waals surface area contributed by atoms with Gasteiger partial charge in [0, 0.05) is 31.0 Å². The molecule has 2 aromatic rings. The molecular weight excluding hydrogens is 366 g/mol. The summed E-state index contributed by atoms with van der Waals surface area (Å²) in [5, 5.41) is 3.02. The van der Waals surface area contributed by atoms with Crippen molar-refractivity contribution in [3.63, 3.8) is 0 Å². The zero-order valence-electron chi connectivity index (χ0n) is 17.6. The quantitative estimate of drug-likeness (QED) is 0.740. The first-order chi connectivity index (χ1) is 14.1. The third kappa shape index (κ3) is 5.95. The zero-order chi connectivity index (χ0) is 20.6. The lowest BCUT2D eigenvalue weighted by Crippen LogP contribution is -2.39. The molecule has 1 amide bonds.